The van der Waals surface area contributed by atoms with E-state index in [2.05, 4.69) is 21.5 Å². The monoisotopic (exact) mass is 688 g/mol. The van der Waals surface area contributed by atoms with Crippen LogP contribution in [0.3, 0.4) is 0 Å². The molecule has 252 valence electrons. The Morgan fingerprint density at radius 2 is 1.81 bits per heavy atom. The Balaban J connectivity index is 1.71. The van der Waals surface area contributed by atoms with Gasteiger partial charge in [0.15, 0.2) is 20.5 Å². The molecule has 4 aromatic rings. The zero-order valence-corrected chi connectivity index (χ0v) is 26.6. The number of anilines is 1. The molecule has 2 fully saturated rings. The number of halogens is 5. The molecule has 16 heteroatoms. The van der Waals surface area contributed by atoms with E-state index in [-0.39, 0.29) is 48.4 Å². The minimum atomic E-state index is -5.24. The van der Waals surface area contributed by atoms with Gasteiger partial charge in [-0.3, -0.25) is 4.79 Å². The smallest absolute Gasteiger partial charge is 0.350 e. The van der Waals surface area contributed by atoms with Crippen LogP contribution in [0.1, 0.15) is 43.2 Å². The molecule has 1 amide bonds. The highest BCUT2D eigenvalue weighted by Gasteiger charge is 2.39. The lowest BCUT2D eigenvalue weighted by molar-refractivity contribution is -0.139. The largest absolute Gasteiger partial charge is 0.419 e. The first-order chi connectivity index (χ1) is 22.6. The fourth-order valence-corrected chi connectivity index (χ4v) is 7.13. The fourth-order valence-electron chi connectivity index (χ4n) is 6.32. The highest BCUT2D eigenvalue weighted by Crippen LogP contribution is 2.43. The number of benzene rings is 1. The first-order valence-electron chi connectivity index (χ1n) is 15.0. The van der Waals surface area contributed by atoms with Gasteiger partial charge in [0.25, 0.3) is 0 Å². The zero-order chi connectivity index (χ0) is 34.7. The number of sulfone groups is 1. The number of aromatic nitrogens is 4. The van der Waals surface area contributed by atoms with Crippen molar-refractivity contribution in [1.82, 2.24) is 24.4 Å². The number of hydrogen-bond acceptors (Lipinski definition) is 8. The Hall–Kier alpha value is -4.73. The van der Waals surface area contributed by atoms with Crippen molar-refractivity contribution in [1.29, 1.82) is 0 Å². The van der Waals surface area contributed by atoms with Gasteiger partial charge in [0.1, 0.15) is 28.7 Å². The topological polar surface area (TPSA) is 118 Å². The Morgan fingerprint density at radius 3 is 2.42 bits per heavy atom. The molecule has 1 aliphatic carbocycles. The molecular weight excluding hydrogens is 659 g/mol. The summed E-state index contributed by atoms with van der Waals surface area (Å²) < 4.78 is 100. The van der Waals surface area contributed by atoms with Crippen LogP contribution in [-0.2, 0) is 20.8 Å². The number of alkyl halides is 3. The van der Waals surface area contributed by atoms with Gasteiger partial charge in [-0.25, -0.2) is 36.5 Å². The lowest BCUT2D eigenvalue weighted by atomic mass is 9.79. The molecule has 10 nitrogen and oxygen atoms in total. The summed E-state index contributed by atoms with van der Waals surface area (Å²) in [6, 6.07) is 4.34. The molecule has 0 spiro atoms. The lowest BCUT2D eigenvalue weighted by Crippen LogP contribution is -2.54. The summed E-state index contributed by atoms with van der Waals surface area (Å²) in [5, 5.41) is -0.622. The van der Waals surface area contributed by atoms with Crippen LogP contribution in [0.2, 0.25) is 0 Å². The first kappa shape index (κ1) is 33.2. The molecule has 0 radical (unpaired) electrons. The van der Waals surface area contributed by atoms with Gasteiger partial charge in [-0.2, -0.15) is 18.2 Å². The molecule has 0 unspecified atom stereocenters. The maximum atomic E-state index is 16.1. The summed E-state index contributed by atoms with van der Waals surface area (Å²) in [5.74, 6) is -3.51. The quantitative estimate of drug-likeness (QED) is 0.205. The molecule has 0 bridgehead atoms. The molecule has 1 aliphatic heterocycles. The van der Waals surface area contributed by atoms with Gasteiger partial charge in [-0.15, -0.1) is 0 Å². The van der Waals surface area contributed by atoms with Gasteiger partial charge in [-0.05, 0) is 55.5 Å². The van der Waals surface area contributed by atoms with Crippen LogP contribution in [0.15, 0.2) is 59.0 Å². The summed E-state index contributed by atoms with van der Waals surface area (Å²) >= 11 is 0. The lowest BCUT2D eigenvalue weighted by Gasteiger charge is -2.40. The number of nitrogens with zero attached hydrogens (tertiary/aromatic N) is 6. The molecule has 1 atom stereocenters. The van der Waals surface area contributed by atoms with Gasteiger partial charge in [0.05, 0.1) is 11.1 Å². The van der Waals surface area contributed by atoms with Crippen molar-refractivity contribution in [2.75, 3.05) is 30.8 Å². The van der Waals surface area contributed by atoms with Crippen molar-refractivity contribution >= 4 is 32.6 Å². The Labute approximate surface area is 271 Å². The van der Waals surface area contributed by atoms with E-state index < -0.39 is 66.9 Å². The average Bonchev–Trinajstić information content (AvgIpc) is 2.98. The van der Waals surface area contributed by atoms with E-state index in [1.54, 1.807) is 17.9 Å². The van der Waals surface area contributed by atoms with Crippen LogP contribution in [-0.4, -0.2) is 70.7 Å². The summed E-state index contributed by atoms with van der Waals surface area (Å²) in [6.07, 6.45) is 0.255. The summed E-state index contributed by atoms with van der Waals surface area (Å²) in [4.78, 5) is 42.2. The standard InChI is InChI=1S/C32H29F5N6O4S/c1-4-24(44)41-13-14-42(17(2)16-41)28-21-15-23(34)26(20-9-6-10-22(33)25(20)32(35,36)37)39-29(21)43(31(45)40-28)27-19(18-7-5-8-18)11-12-38-30(27)48(3,46)47/h4,6,9-12,15,17-18H,1,5,7-8,13-14,16H2,2-3H3/t17-/m0/s1. The third-order valence-corrected chi connectivity index (χ3v) is 9.78. The molecule has 1 saturated carbocycles. The Kier molecular flexibility index (Phi) is 8.34. The number of piperazine rings is 1. The zero-order valence-electron chi connectivity index (χ0n) is 25.8. The molecule has 4 heterocycles. The number of carbonyl (C=O) groups is 1. The van der Waals surface area contributed by atoms with Gasteiger partial charge >= 0.3 is 11.9 Å². The molecule has 6 rings (SSSR count). The molecule has 2 aliphatic rings. The van der Waals surface area contributed by atoms with Crippen molar-refractivity contribution in [2.45, 2.75) is 49.3 Å². The van der Waals surface area contributed by atoms with Crippen LogP contribution in [0, 0.1) is 11.6 Å². The second kappa shape index (κ2) is 12.1. The van der Waals surface area contributed by atoms with E-state index >= 15 is 4.39 Å². The third kappa shape index (κ3) is 5.71. The number of hydrogen-bond donors (Lipinski definition) is 0. The van der Waals surface area contributed by atoms with Crippen molar-refractivity contribution in [3.63, 3.8) is 0 Å². The molecule has 48 heavy (non-hydrogen) atoms. The van der Waals surface area contributed by atoms with Crippen LogP contribution < -0.4 is 10.6 Å². The van der Waals surface area contributed by atoms with E-state index in [0.717, 1.165) is 41.5 Å². The second-order valence-corrected chi connectivity index (χ2v) is 13.8. The van der Waals surface area contributed by atoms with Gasteiger partial charge in [0, 0.05) is 43.7 Å². The van der Waals surface area contributed by atoms with Crippen molar-refractivity contribution in [3.8, 4) is 16.9 Å². The SMILES string of the molecule is C=CC(=O)N1CCN(c2nc(=O)n(-c3c(C4CCC4)ccnc3S(C)(=O)=O)c3nc(-c4cccc(F)c4C(F)(F)F)c(F)cc23)[C@@H](C)C1. The maximum absolute atomic E-state index is 16.1. The number of carbonyl (C=O) groups excluding carboxylic acids is 1. The van der Waals surface area contributed by atoms with Gasteiger partial charge in [0.2, 0.25) is 5.91 Å². The van der Waals surface area contributed by atoms with Crippen molar-refractivity contribution in [3.05, 3.63) is 82.4 Å². The average molecular weight is 689 g/mol. The summed E-state index contributed by atoms with van der Waals surface area (Å²) in [6.45, 7) is 5.72. The first-order valence-corrected chi connectivity index (χ1v) is 16.9. The van der Waals surface area contributed by atoms with Crippen LogP contribution in [0.25, 0.3) is 28.0 Å². The molecular formula is C32H29F5N6O4S. The van der Waals surface area contributed by atoms with Crippen LogP contribution >= 0.6 is 0 Å². The highest BCUT2D eigenvalue weighted by molar-refractivity contribution is 7.90. The fraction of sp³-hybridized carbons (Fsp3) is 0.344. The summed E-state index contributed by atoms with van der Waals surface area (Å²) in [7, 11) is -4.12. The molecule has 1 aromatic carbocycles. The molecule has 0 N–H and O–H groups in total. The predicted molar refractivity (Wildman–Crippen MR) is 167 cm³/mol. The molecule has 1 saturated heterocycles. The predicted octanol–water partition coefficient (Wildman–Crippen LogP) is 5.03. The number of fused-ring (bicyclic) bond motifs is 1. The Bertz CT molecular complexity index is 2150. The third-order valence-electron chi connectivity index (χ3n) is 8.78. The van der Waals surface area contributed by atoms with Crippen LogP contribution in [0.4, 0.5) is 27.8 Å². The Morgan fingerprint density at radius 1 is 1.08 bits per heavy atom. The van der Waals surface area contributed by atoms with E-state index in [1.165, 1.54) is 11.1 Å². The van der Waals surface area contributed by atoms with E-state index in [9.17, 15) is 35.6 Å². The van der Waals surface area contributed by atoms with E-state index in [0.29, 0.717) is 24.5 Å². The van der Waals surface area contributed by atoms with E-state index in [1.807, 2.05) is 0 Å². The second-order valence-electron chi connectivity index (χ2n) is 11.9. The minimum Gasteiger partial charge on any atom is -0.350 e. The van der Waals surface area contributed by atoms with E-state index in [4.69, 9.17) is 0 Å². The molecule has 3 aromatic heterocycles. The van der Waals surface area contributed by atoms with Crippen LogP contribution in [0.5, 0.6) is 0 Å². The van der Waals surface area contributed by atoms with Gasteiger partial charge in [-0.1, -0.05) is 25.1 Å². The normalized spacial score (nSPS) is 17.4. The maximum Gasteiger partial charge on any atom is 0.419 e. The highest BCUT2D eigenvalue weighted by atomic mass is 32.2. The van der Waals surface area contributed by atoms with Gasteiger partial charge < -0.3 is 9.80 Å². The summed E-state index contributed by atoms with van der Waals surface area (Å²) in [5.41, 5.74) is -4.81. The minimum absolute atomic E-state index is 0.0762. The number of pyridine rings is 2. The number of rotatable bonds is 6. The number of amides is 1. The van der Waals surface area contributed by atoms with Crippen molar-refractivity contribution in [2.24, 2.45) is 0 Å². The van der Waals surface area contributed by atoms with Crippen molar-refractivity contribution < 1.29 is 35.2 Å².